The molecule has 1 aromatic rings. The van der Waals surface area contributed by atoms with Gasteiger partial charge >= 0.3 is 0 Å². The van der Waals surface area contributed by atoms with Crippen molar-refractivity contribution < 1.29 is 5.11 Å². The van der Waals surface area contributed by atoms with E-state index in [1.807, 2.05) is 0 Å². The minimum atomic E-state index is -0.346. The van der Waals surface area contributed by atoms with Crippen molar-refractivity contribution in [1.29, 1.82) is 0 Å². The summed E-state index contributed by atoms with van der Waals surface area (Å²) in [5.41, 5.74) is 2.48. The first-order valence-electron chi connectivity index (χ1n) is 8.33. The average molecular weight is 288 g/mol. The number of fused-ring (bicyclic) bond motifs is 1. The molecule has 0 radical (unpaired) electrons. The van der Waals surface area contributed by atoms with Crippen LogP contribution in [-0.2, 0) is 6.42 Å². The van der Waals surface area contributed by atoms with Crippen LogP contribution in [0.1, 0.15) is 42.9 Å². The van der Waals surface area contributed by atoms with Crippen LogP contribution in [0.4, 0.5) is 0 Å². The predicted molar refractivity (Wildman–Crippen MR) is 86.4 cm³/mol. The Bertz CT molecular complexity index is 476. The van der Waals surface area contributed by atoms with E-state index < -0.39 is 0 Å². The molecule has 0 saturated carbocycles. The number of nitrogens with zero attached hydrogens (tertiary/aromatic N) is 2. The quantitative estimate of drug-likeness (QED) is 0.847. The molecule has 1 aliphatic carbocycles. The molecule has 1 heterocycles. The number of hydrogen-bond donors (Lipinski definition) is 1. The number of piperidine rings is 1. The summed E-state index contributed by atoms with van der Waals surface area (Å²) < 4.78 is 0. The zero-order valence-corrected chi connectivity index (χ0v) is 13.3. The summed E-state index contributed by atoms with van der Waals surface area (Å²) in [5, 5.41) is 10.9. The number of benzene rings is 1. The van der Waals surface area contributed by atoms with Gasteiger partial charge in [0.15, 0.2) is 0 Å². The summed E-state index contributed by atoms with van der Waals surface area (Å²) in [4.78, 5) is 4.88. The van der Waals surface area contributed by atoms with Gasteiger partial charge < -0.3 is 10.0 Å². The minimum absolute atomic E-state index is 0.255. The molecular formula is C18H28N2O. The fourth-order valence-electron chi connectivity index (χ4n) is 4.09. The summed E-state index contributed by atoms with van der Waals surface area (Å²) in [6, 6.07) is 9.26. The molecule has 0 amide bonds. The Morgan fingerprint density at radius 2 is 2.00 bits per heavy atom. The second kappa shape index (κ2) is 6.47. The van der Waals surface area contributed by atoms with E-state index in [4.69, 9.17) is 0 Å². The largest absolute Gasteiger partial charge is 0.387 e. The molecule has 0 spiro atoms. The van der Waals surface area contributed by atoms with Gasteiger partial charge in [-0.05, 0) is 63.9 Å². The van der Waals surface area contributed by atoms with Gasteiger partial charge in [0.2, 0.25) is 0 Å². The summed E-state index contributed by atoms with van der Waals surface area (Å²) in [5.74, 6) is 0. The molecule has 0 aromatic heterocycles. The van der Waals surface area contributed by atoms with E-state index in [-0.39, 0.29) is 12.1 Å². The third kappa shape index (κ3) is 3.15. The van der Waals surface area contributed by atoms with Gasteiger partial charge in [-0.1, -0.05) is 24.3 Å². The molecule has 1 N–H and O–H groups in total. The molecule has 1 aromatic carbocycles. The van der Waals surface area contributed by atoms with Gasteiger partial charge in [-0.15, -0.1) is 0 Å². The molecule has 3 unspecified atom stereocenters. The van der Waals surface area contributed by atoms with Crippen molar-refractivity contribution in [3.63, 3.8) is 0 Å². The van der Waals surface area contributed by atoms with Crippen LogP contribution in [-0.4, -0.2) is 54.2 Å². The van der Waals surface area contributed by atoms with Crippen molar-refractivity contribution in [3.8, 4) is 0 Å². The number of rotatable bonds is 2. The van der Waals surface area contributed by atoms with Gasteiger partial charge in [0, 0.05) is 18.6 Å². The number of likely N-dealkylation sites (tertiary alicyclic amines) is 1. The molecule has 3 heteroatoms. The fraction of sp³-hybridized carbons (Fsp3) is 0.667. The molecule has 21 heavy (non-hydrogen) atoms. The maximum Gasteiger partial charge on any atom is 0.0947 e. The Kier molecular flexibility index (Phi) is 4.63. The number of likely N-dealkylation sites (N-methyl/N-ethyl adjacent to an activating group) is 2. The highest BCUT2D eigenvalue weighted by Crippen LogP contribution is 2.33. The van der Waals surface area contributed by atoms with Gasteiger partial charge in [0.1, 0.15) is 0 Å². The number of aliphatic hydroxyl groups excluding tert-OH is 1. The van der Waals surface area contributed by atoms with Crippen molar-refractivity contribution >= 4 is 0 Å². The lowest BCUT2D eigenvalue weighted by Crippen LogP contribution is -2.50. The van der Waals surface area contributed by atoms with Crippen LogP contribution in [0.25, 0.3) is 0 Å². The SMILES string of the molecule is CN1CCCC(N(C)C2CCCc3ccccc3C2O)C1. The third-order valence-electron chi connectivity index (χ3n) is 5.38. The second-order valence-corrected chi connectivity index (χ2v) is 6.83. The Morgan fingerprint density at radius 3 is 2.81 bits per heavy atom. The fourth-order valence-corrected chi connectivity index (χ4v) is 4.09. The van der Waals surface area contributed by atoms with Gasteiger partial charge in [-0.2, -0.15) is 0 Å². The van der Waals surface area contributed by atoms with Crippen LogP contribution in [0.15, 0.2) is 24.3 Å². The smallest absolute Gasteiger partial charge is 0.0947 e. The maximum atomic E-state index is 10.9. The second-order valence-electron chi connectivity index (χ2n) is 6.83. The van der Waals surface area contributed by atoms with Crippen LogP contribution in [0.2, 0.25) is 0 Å². The van der Waals surface area contributed by atoms with Gasteiger partial charge in [0.05, 0.1) is 6.10 Å². The molecule has 3 nitrogen and oxygen atoms in total. The maximum absolute atomic E-state index is 10.9. The lowest BCUT2D eigenvalue weighted by atomic mass is 9.95. The zero-order chi connectivity index (χ0) is 14.8. The van der Waals surface area contributed by atoms with Crippen molar-refractivity contribution in [2.24, 2.45) is 0 Å². The monoisotopic (exact) mass is 288 g/mol. The molecule has 0 bridgehead atoms. The van der Waals surface area contributed by atoms with Crippen molar-refractivity contribution in [2.75, 3.05) is 27.2 Å². The predicted octanol–water partition coefficient (Wildman–Crippen LogP) is 2.45. The van der Waals surface area contributed by atoms with Crippen molar-refractivity contribution in [3.05, 3.63) is 35.4 Å². The van der Waals surface area contributed by atoms with E-state index >= 15 is 0 Å². The highest BCUT2D eigenvalue weighted by Gasteiger charge is 2.33. The minimum Gasteiger partial charge on any atom is -0.387 e. The van der Waals surface area contributed by atoms with Crippen LogP contribution >= 0.6 is 0 Å². The normalized spacial score (nSPS) is 31.0. The van der Waals surface area contributed by atoms with Crippen LogP contribution in [0, 0.1) is 0 Å². The Labute approximate surface area is 128 Å². The summed E-state index contributed by atoms with van der Waals surface area (Å²) in [7, 11) is 4.42. The van der Waals surface area contributed by atoms with Crippen LogP contribution < -0.4 is 0 Å². The number of aryl methyl sites for hydroxylation is 1. The molecule has 3 rings (SSSR count). The highest BCUT2D eigenvalue weighted by molar-refractivity contribution is 5.31. The van der Waals surface area contributed by atoms with Gasteiger partial charge in [-0.25, -0.2) is 0 Å². The first kappa shape index (κ1) is 15.0. The van der Waals surface area contributed by atoms with E-state index in [2.05, 4.69) is 48.2 Å². The van der Waals surface area contributed by atoms with Crippen LogP contribution in [0.3, 0.4) is 0 Å². The Morgan fingerprint density at radius 1 is 1.19 bits per heavy atom. The molecule has 2 aliphatic rings. The lowest BCUT2D eigenvalue weighted by molar-refractivity contribution is 0.0163. The van der Waals surface area contributed by atoms with Crippen molar-refractivity contribution in [2.45, 2.75) is 50.3 Å². The van der Waals surface area contributed by atoms with Crippen molar-refractivity contribution in [1.82, 2.24) is 9.80 Å². The van der Waals surface area contributed by atoms with Crippen LogP contribution in [0.5, 0.6) is 0 Å². The van der Waals surface area contributed by atoms with E-state index in [0.29, 0.717) is 6.04 Å². The number of aliphatic hydroxyl groups is 1. The summed E-state index contributed by atoms with van der Waals surface area (Å²) in [6.07, 6.45) is 5.54. The highest BCUT2D eigenvalue weighted by atomic mass is 16.3. The zero-order valence-electron chi connectivity index (χ0n) is 13.3. The first-order chi connectivity index (χ1) is 10.2. The average Bonchev–Trinajstić information content (AvgIpc) is 2.66. The first-order valence-corrected chi connectivity index (χ1v) is 8.33. The lowest BCUT2D eigenvalue weighted by Gasteiger charge is -2.41. The topological polar surface area (TPSA) is 26.7 Å². The molecule has 1 saturated heterocycles. The van der Waals surface area contributed by atoms with Gasteiger partial charge in [-0.3, -0.25) is 4.90 Å². The van der Waals surface area contributed by atoms with E-state index in [1.165, 1.54) is 31.4 Å². The van der Waals surface area contributed by atoms with Gasteiger partial charge in [0.25, 0.3) is 0 Å². The molecule has 3 atom stereocenters. The Hall–Kier alpha value is -0.900. The third-order valence-corrected chi connectivity index (χ3v) is 5.38. The molecule has 1 fully saturated rings. The molecule has 116 valence electrons. The van der Waals surface area contributed by atoms with E-state index in [0.717, 1.165) is 24.9 Å². The van der Waals surface area contributed by atoms with E-state index in [1.54, 1.807) is 0 Å². The summed E-state index contributed by atoms with van der Waals surface area (Å²) >= 11 is 0. The molecule has 1 aliphatic heterocycles. The molecular weight excluding hydrogens is 260 g/mol. The number of hydrogen-bond acceptors (Lipinski definition) is 3. The standard InChI is InChI=1S/C18H28N2O/c1-19-12-6-9-15(13-19)20(2)17-11-5-8-14-7-3-4-10-16(14)18(17)21/h3-4,7,10,15,17-18,21H,5-6,8-9,11-13H2,1-2H3. The Balaban J connectivity index is 1.78. The van der Waals surface area contributed by atoms with E-state index in [9.17, 15) is 5.11 Å². The summed E-state index contributed by atoms with van der Waals surface area (Å²) in [6.45, 7) is 2.34.